The van der Waals surface area contributed by atoms with Crippen LogP contribution in [0.4, 0.5) is 0 Å². The molecule has 0 radical (unpaired) electrons. The van der Waals surface area contributed by atoms with Crippen molar-refractivity contribution < 1.29 is 9.84 Å². The van der Waals surface area contributed by atoms with Crippen LogP contribution in [0.1, 0.15) is 33.1 Å². The van der Waals surface area contributed by atoms with Gasteiger partial charge < -0.3 is 9.84 Å². The largest absolute Gasteiger partial charge is 0.497 e. The van der Waals surface area contributed by atoms with E-state index in [1.165, 1.54) is 10.4 Å². The smallest absolute Gasteiger partial charge is 0.119 e. The molecule has 2 aromatic rings. The molecule has 4 heteroatoms. The highest BCUT2D eigenvalue weighted by Gasteiger charge is 2.38. The zero-order valence-electron chi connectivity index (χ0n) is 12.1. The van der Waals surface area contributed by atoms with Gasteiger partial charge in [0.1, 0.15) is 5.75 Å². The maximum Gasteiger partial charge on any atom is 0.119 e. The molecule has 1 heterocycles. The number of thiazole rings is 1. The Morgan fingerprint density at radius 1 is 1.40 bits per heavy atom. The second-order valence-electron chi connectivity index (χ2n) is 5.48. The molecule has 1 atom stereocenters. The summed E-state index contributed by atoms with van der Waals surface area (Å²) >= 11 is 1.68. The molecule has 0 saturated heterocycles. The van der Waals surface area contributed by atoms with Crippen molar-refractivity contribution in [3.63, 3.8) is 0 Å². The third kappa shape index (κ3) is 2.23. The Morgan fingerprint density at radius 3 is 2.85 bits per heavy atom. The van der Waals surface area contributed by atoms with E-state index in [4.69, 9.17) is 4.74 Å². The Morgan fingerprint density at radius 2 is 2.20 bits per heavy atom. The van der Waals surface area contributed by atoms with E-state index in [9.17, 15) is 5.11 Å². The van der Waals surface area contributed by atoms with Crippen molar-refractivity contribution in [3.8, 4) is 5.75 Å². The Kier molecular flexibility index (Phi) is 3.30. The van der Waals surface area contributed by atoms with Gasteiger partial charge in [-0.3, -0.25) is 0 Å². The zero-order chi connectivity index (χ0) is 14.3. The van der Waals surface area contributed by atoms with Gasteiger partial charge in [-0.1, -0.05) is 6.07 Å². The van der Waals surface area contributed by atoms with Crippen LogP contribution in [0.25, 0.3) is 0 Å². The standard InChI is InChI=1S/C16H19NO2S/c1-10-11(2)20-15(17-10)9-16(18)7-6-12-4-5-13(19-3)8-14(12)16/h4-5,8,18H,6-7,9H2,1-3H3. The lowest BCUT2D eigenvalue weighted by Gasteiger charge is -2.23. The summed E-state index contributed by atoms with van der Waals surface area (Å²) in [6.45, 7) is 4.09. The highest BCUT2D eigenvalue weighted by Crippen LogP contribution is 2.41. The van der Waals surface area contributed by atoms with Crippen molar-refractivity contribution in [2.24, 2.45) is 0 Å². The van der Waals surface area contributed by atoms with Crippen LogP contribution in [-0.2, 0) is 18.4 Å². The van der Waals surface area contributed by atoms with Crippen molar-refractivity contribution in [3.05, 3.63) is 44.9 Å². The van der Waals surface area contributed by atoms with Crippen LogP contribution in [0.5, 0.6) is 5.75 Å². The number of aromatic nitrogens is 1. The number of aryl methyl sites for hydroxylation is 3. The fourth-order valence-electron chi connectivity index (χ4n) is 2.86. The quantitative estimate of drug-likeness (QED) is 0.944. The normalized spacial score (nSPS) is 21.0. The van der Waals surface area contributed by atoms with E-state index in [1.807, 2.05) is 19.1 Å². The number of ether oxygens (including phenoxy) is 1. The van der Waals surface area contributed by atoms with Crippen LogP contribution in [0.15, 0.2) is 18.2 Å². The first kappa shape index (κ1) is 13.6. The minimum Gasteiger partial charge on any atom is -0.497 e. The van der Waals surface area contributed by atoms with E-state index in [-0.39, 0.29) is 0 Å². The third-order valence-electron chi connectivity index (χ3n) is 4.14. The molecule has 0 bridgehead atoms. The summed E-state index contributed by atoms with van der Waals surface area (Å²) < 4.78 is 5.28. The Bertz CT molecular complexity index is 630. The third-order valence-corrected chi connectivity index (χ3v) is 5.22. The summed E-state index contributed by atoms with van der Waals surface area (Å²) in [6, 6.07) is 5.99. The van der Waals surface area contributed by atoms with Crippen LogP contribution >= 0.6 is 11.3 Å². The van der Waals surface area contributed by atoms with E-state index < -0.39 is 5.60 Å². The molecule has 1 aromatic heterocycles. The summed E-state index contributed by atoms with van der Waals surface area (Å²) in [7, 11) is 1.66. The number of aliphatic hydroxyl groups is 1. The predicted octanol–water partition coefficient (Wildman–Crippen LogP) is 3.15. The van der Waals surface area contributed by atoms with Gasteiger partial charge in [0, 0.05) is 11.3 Å². The molecular weight excluding hydrogens is 270 g/mol. The fraction of sp³-hybridized carbons (Fsp3) is 0.438. The van der Waals surface area contributed by atoms with E-state index in [0.29, 0.717) is 6.42 Å². The minimum absolute atomic E-state index is 0.590. The molecule has 3 nitrogen and oxygen atoms in total. The molecule has 1 N–H and O–H groups in total. The van der Waals surface area contributed by atoms with Crippen molar-refractivity contribution in [2.45, 2.75) is 38.7 Å². The fourth-order valence-corrected chi connectivity index (χ4v) is 3.90. The molecule has 0 saturated carbocycles. The second kappa shape index (κ2) is 4.86. The molecule has 1 aromatic carbocycles. The van der Waals surface area contributed by atoms with E-state index >= 15 is 0 Å². The lowest BCUT2D eigenvalue weighted by atomic mass is 9.92. The first-order valence-corrected chi connectivity index (χ1v) is 7.66. The number of benzene rings is 1. The van der Waals surface area contributed by atoms with Crippen molar-refractivity contribution in [1.29, 1.82) is 0 Å². The molecule has 0 amide bonds. The topological polar surface area (TPSA) is 42.4 Å². The molecule has 20 heavy (non-hydrogen) atoms. The van der Waals surface area contributed by atoms with Gasteiger partial charge in [-0.2, -0.15) is 0 Å². The molecule has 1 aliphatic carbocycles. The van der Waals surface area contributed by atoms with Crippen LogP contribution in [0.3, 0.4) is 0 Å². The number of hydrogen-bond donors (Lipinski definition) is 1. The molecule has 0 spiro atoms. The number of rotatable bonds is 3. The SMILES string of the molecule is COc1ccc2c(c1)C(O)(Cc1nc(C)c(C)s1)CC2. The van der Waals surface area contributed by atoms with Gasteiger partial charge in [-0.25, -0.2) is 4.98 Å². The van der Waals surface area contributed by atoms with E-state index in [0.717, 1.165) is 34.9 Å². The Labute approximate surface area is 123 Å². The van der Waals surface area contributed by atoms with E-state index in [1.54, 1.807) is 18.4 Å². The first-order chi connectivity index (χ1) is 9.51. The van der Waals surface area contributed by atoms with Gasteiger partial charge in [-0.15, -0.1) is 11.3 Å². The second-order valence-corrected chi connectivity index (χ2v) is 6.77. The van der Waals surface area contributed by atoms with Crippen LogP contribution in [0, 0.1) is 13.8 Å². The molecule has 1 unspecified atom stereocenters. The van der Waals surface area contributed by atoms with Gasteiger partial charge in [-0.05, 0) is 49.9 Å². The Balaban J connectivity index is 1.95. The van der Waals surface area contributed by atoms with Gasteiger partial charge in [0.05, 0.1) is 23.4 Å². The lowest BCUT2D eigenvalue weighted by molar-refractivity contribution is 0.0387. The molecule has 0 fully saturated rings. The number of methoxy groups -OCH3 is 1. The zero-order valence-corrected chi connectivity index (χ0v) is 12.9. The minimum atomic E-state index is -0.805. The average molecular weight is 289 g/mol. The highest BCUT2D eigenvalue weighted by molar-refractivity contribution is 7.11. The molecule has 106 valence electrons. The summed E-state index contributed by atoms with van der Waals surface area (Å²) in [5, 5.41) is 12.0. The summed E-state index contributed by atoms with van der Waals surface area (Å²) in [6.07, 6.45) is 2.26. The van der Waals surface area contributed by atoms with E-state index in [2.05, 4.69) is 18.0 Å². The summed E-state index contributed by atoms with van der Waals surface area (Å²) in [5.74, 6) is 0.801. The van der Waals surface area contributed by atoms with Gasteiger partial charge in [0.15, 0.2) is 0 Å². The Hall–Kier alpha value is -1.39. The number of fused-ring (bicyclic) bond motifs is 1. The summed E-state index contributed by atoms with van der Waals surface area (Å²) in [5.41, 5.74) is 2.48. The van der Waals surface area contributed by atoms with Crippen LogP contribution in [-0.4, -0.2) is 17.2 Å². The summed E-state index contributed by atoms with van der Waals surface area (Å²) in [4.78, 5) is 5.79. The van der Waals surface area contributed by atoms with Crippen LogP contribution in [0.2, 0.25) is 0 Å². The molecular formula is C16H19NO2S. The van der Waals surface area contributed by atoms with Gasteiger partial charge in [0.25, 0.3) is 0 Å². The maximum atomic E-state index is 11.0. The predicted molar refractivity (Wildman–Crippen MR) is 80.5 cm³/mol. The van der Waals surface area contributed by atoms with Crippen molar-refractivity contribution in [2.75, 3.05) is 7.11 Å². The molecule has 3 rings (SSSR count). The van der Waals surface area contributed by atoms with Gasteiger partial charge in [0.2, 0.25) is 0 Å². The number of hydrogen-bond acceptors (Lipinski definition) is 4. The highest BCUT2D eigenvalue weighted by atomic mass is 32.1. The average Bonchev–Trinajstić information content (AvgIpc) is 2.91. The maximum absolute atomic E-state index is 11.0. The first-order valence-electron chi connectivity index (χ1n) is 6.84. The van der Waals surface area contributed by atoms with Crippen LogP contribution < -0.4 is 4.74 Å². The monoisotopic (exact) mass is 289 g/mol. The van der Waals surface area contributed by atoms with Crippen molar-refractivity contribution in [1.82, 2.24) is 4.98 Å². The van der Waals surface area contributed by atoms with Gasteiger partial charge >= 0.3 is 0 Å². The molecule has 0 aliphatic heterocycles. The number of nitrogens with zero attached hydrogens (tertiary/aromatic N) is 1. The van der Waals surface area contributed by atoms with Crippen molar-refractivity contribution >= 4 is 11.3 Å². The lowest BCUT2D eigenvalue weighted by Crippen LogP contribution is -2.25. The molecule has 1 aliphatic rings.